The summed E-state index contributed by atoms with van der Waals surface area (Å²) in [4.78, 5) is 0. The van der Waals surface area contributed by atoms with Crippen molar-refractivity contribution < 1.29 is 22.0 Å². The van der Waals surface area contributed by atoms with E-state index in [0.29, 0.717) is 12.1 Å². The van der Waals surface area contributed by atoms with Gasteiger partial charge in [0.2, 0.25) is 0 Å². The fourth-order valence-electron chi connectivity index (χ4n) is 1.99. The zero-order valence-corrected chi connectivity index (χ0v) is 12.0. The largest absolute Gasteiger partial charge is 0.323 e. The molecule has 112 valence electrons. The fraction of sp³-hybridized carbons (Fsp3) is 0.143. The fourth-order valence-corrected chi connectivity index (χ4v) is 2.36. The van der Waals surface area contributed by atoms with Crippen LogP contribution < -0.4 is 5.73 Å². The molecule has 0 aliphatic rings. The molecular weight excluding hydrogens is 357 g/mol. The Morgan fingerprint density at radius 2 is 1.52 bits per heavy atom. The molecule has 1 atom stereocenters. The molecule has 2 aromatic rings. The van der Waals surface area contributed by atoms with E-state index < -0.39 is 52.7 Å². The molecule has 1 nitrogen and oxygen atoms in total. The first-order chi connectivity index (χ1) is 9.81. The van der Waals surface area contributed by atoms with E-state index in [4.69, 9.17) is 5.73 Å². The summed E-state index contributed by atoms with van der Waals surface area (Å²) in [7, 11) is 0. The second-order valence-corrected chi connectivity index (χ2v) is 5.27. The first kappa shape index (κ1) is 15.9. The summed E-state index contributed by atoms with van der Waals surface area (Å²) in [5, 5.41) is 0. The van der Waals surface area contributed by atoms with Gasteiger partial charge in [0, 0.05) is 29.3 Å². The predicted octanol–water partition coefficient (Wildman–Crippen LogP) is 4.39. The van der Waals surface area contributed by atoms with Crippen molar-refractivity contribution >= 4 is 15.9 Å². The minimum atomic E-state index is -1.36. The summed E-state index contributed by atoms with van der Waals surface area (Å²) in [5.41, 5.74) is 4.60. The van der Waals surface area contributed by atoms with Crippen LogP contribution >= 0.6 is 15.9 Å². The summed E-state index contributed by atoms with van der Waals surface area (Å²) in [6.07, 6.45) is -0.476. The van der Waals surface area contributed by atoms with Crippen LogP contribution in [0.5, 0.6) is 0 Å². The molecule has 2 N–H and O–H groups in total. The average molecular weight is 366 g/mol. The van der Waals surface area contributed by atoms with Crippen molar-refractivity contribution in [2.45, 2.75) is 12.5 Å². The van der Waals surface area contributed by atoms with Gasteiger partial charge in [-0.15, -0.1) is 0 Å². The Kier molecular flexibility index (Phi) is 4.63. The van der Waals surface area contributed by atoms with Crippen LogP contribution in [0.15, 0.2) is 28.7 Å². The first-order valence-corrected chi connectivity index (χ1v) is 6.63. The highest BCUT2D eigenvalue weighted by Crippen LogP contribution is 2.28. The van der Waals surface area contributed by atoms with E-state index in [1.807, 2.05) is 0 Å². The monoisotopic (exact) mass is 365 g/mol. The predicted molar refractivity (Wildman–Crippen MR) is 71.0 cm³/mol. The number of rotatable bonds is 3. The van der Waals surface area contributed by atoms with Gasteiger partial charge in [0.25, 0.3) is 0 Å². The SMILES string of the molecule is NC(Cc1c(F)ccc(Br)c1F)c1c(F)cc(F)cc1F. The standard InChI is InChI=1S/C14H9BrF5N/c15-8-1-2-9(17)7(14(8)20)5-12(21)13-10(18)3-6(16)4-11(13)19/h1-4,12H,5,21H2. The molecule has 0 bridgehead atoms. The van der Waals surface area contributed by atoms with Crippen molar-refractivity contribution in [1.29, 1.82) is 0 Å². The summed E-state index contributed by atoms with van der Waals surface area (Å²) in [5.74, 6) is -5.27. The van der Waals surface area contributed by atoms with Gasteiger partial charge in [-0.05, 0) is 34.5 Å². The Hall–Kier alpha value is -1.47. The smallest absolute Gasteiger partial charge is 0.143 e. The maximum Gasteiger partial charge on any atom is 0.143 e. The molecular formula is C14H9BrF5N. The Balaban J connectivity index is 2.40. The van der Waals surface area contributed by atoms with Gasteiger partial charge in [-0.1, -0.05) is 0 Å². The van der Waals surface area contributed by atoms with Crippen molar-refractivity contribution in [3.05, 3.63) is 69.0 Å². The maximum atomic E-state index is 13.8. The normalized spacial score (nSPS) is 12.5. The topological polar surface area (TPSA) is 26.0 Å². The van der Waals surface area contributed by atoms with Crippen LogP contribution in [0, 0.1) is 29.1 Å². The van der Waals surface area contributed by atoms with Gasteiger partial charge in [-0.3, -0.25) is 0 Å². The summed E-state index contributed by atoms with van der Waals surface area (Å²) in [6.45, 7) is 0. The first-order valence-electron chi connectivity index (χ1n) is 5.83. The second-order valence-electron chi connectivity index (χ2n) is 4.42. The molecule has 21 heavy (non-hydrogen) atoms. The molecule has 1 unspecified atom stereocenters. The molecule has 0 amide bonds. The average Bonchev–Trinajstić information content (AvgIpc) is 2.38. The lowest BCUT2D eigenvalue weighted by molar-refractivity contribution is 0.488. The molecule has 0 aliphatic heterocycles. The lowest BCUT2D eigenvalue weighted by atomic mass is 9.98. The highest BCUT2D eigenvalue weighted by Gasteiger charge is 2.22. The quantitative estimate of drug-likeness (QED) is 0.633. The molecule has 0 aromatic heterocycles. The van der Waals surface area contributed by atoms with Gasteiger partial charge in [0.1, 0.15) is 29.1 Å². The van der Waals surface area contributed by atoms with Crippen molar-refractivity contribution in [3.63, 3.8) is 0 Å². The molecule has 7 heteroatoms. The summed E-state index contributed by atoms with van der Waals surface area (Å²) < 4.78 is 67.4. The Labute approximate surface area is 125 Å². The van der Waals surface area contributed by atoms with Crippen molar-refractivity contribution in [3.8, 4) is 0 Å². The lowest BCUT2D eigenvalue weighted by Crippen LogP contribution is -2.18. The van der Waals surface area contributed by atoms with Crippen molar-refractivity contribution in [2.75, 3.05) is 0 Å². The molecule has 2 rings (SSSR count). The third-order valence-electron chi connectivity index (χ3n) is 2.98. The van der Waals surface area contributed by atoms with Gasteiger partial charge in [0.05, 0.1) is 4.47 Å². The highest BCUT2D eigenvalue weighted by molar-refractivity contribution is 9.10. The lowest BCUT2D eigenvalue weighted by Gasteiger charge is -2.15. The maximum absolute atomic E-state index is 13.8. The van der Waals surface area contributed by atoms with Crippen molar-refractivity contribution in [2.24, 2.45) is 5.73 Å². The van der Waals surface area contributed by atoms with Crippen LogP contribution in [-0.4, -0.2) is 0 Å². The summed E-state index contributed by atoms with van der Waals surface area (Å²) in [6, 6.07) is 1.74. The van der Waals surface area contributed by atoms with E-state index in [0.717, 1.165) is 6.07 Å². The zero-order valence-electron chi connectivity index (χ0n) is 10.4. The Bertz CT molecular complexity index is 666. The van der Waals surface area contributed by atoms with Crippen LogP contribution in [0.3, 0.4) is 0 Å². The molecule has 2 aromatic carbocycles. The molecule has 0 saturated carbocycles. The molecule has 0 fully saturated rings. The van der Waals surface area contributed by atoms with Crippen LogP contribution in [0.2, 0.25) is 0 Å². The van der Waals surface area contributed by atoms with E-state index in [9.17, 15) is 22.0 Å². The zero-order chi connectivity index (χ0) is 15.7. The van der Waals surface area contributed by atoms with E-state index in [2.05, 4.69) is 15.9 Å². The Morgan fingerprint density at radius 3 is 2.10 bits per heavy atom. The van der Waals surface area contributed by atoms with Gasteiger partial charge in [0.15, 0.2) is 0 Å². The van der Waals surface area contributed by atoms with Gasteiger partial charge in [-0.25, -0.2) is 22.0 Å². The number of halogens is 6. The van der Waals surface area contributed by atoms with Gasteiger partial charge in [-0.2, -0.15) is 0 Å². The summed E-state index contributed by atoms with van der Waals surface area (Å²) >= 11 is 2.88. The Morgan fingerprint density at radius 1 is 0.952 bits per heavy atom. The molecule has 0 radical (unpaired) electrons. The van der Waals surface area contributed by atoms with Crippen LogP contribution in [0.25, 0.3) is 0 Å². The molecule has 0 heterocycles. The van der Waals surface area contributed by atoms with Crippen molar-refractivity contribution in [1.82, 2.24) is 0 Å². The second kappa shape index (κ2) is 6.11. The minimum absolute atomic E-state index is 0.00569. The molecule has 0 aliphatic carbocycles. The van der Waals surface area contributed by atoms with E-state index >= 15 is 0 Å². The van der Waals surface area contributed by atoms with E-state index in [-0.39, 0.29) is 4.47 Å². The minimum Gasteiger partial charge on any atom is -0.323 e. The highest BCUT2D eigenvalue weighted by atomic mass is 79.9. The van der Waals surface area contributed by atoms with Gasteiger partial charge < -0.3 is 5.73 Å². The van der Waals surface area contributed by atoms with Crippen LogP contribution in [-0.2, 0) is 6.42 Å². The van der Waals surface area contributed by atoms with Crippen LogP contribution in [0.4, 0.5) is 22.0 Å². The molecule has 0 saturated heterocycles. The third kappa shape index (κ3) is 3.24. The van der Waals surface area contributed by atoms with Gasteiger partial charge >= 0.3 is 0 Å². The number of hydrogen-bond donors (Lipinski definition) is 1. The third-order valence-corrected chi connectivity index (χ3v) is 3.59. The number of nitrogens with two attached hydrogens (primary N) is 1. The van der Waals surface area contributed by atoms with Crippen LogP contribution in [0.1, 0.15) is 17.2 Å². The van der Waals surface area contributed by atoms with E-state index in [1.54, 1.807) is 0 Å². The number of hydrogen-bond acceptors (Lipinski definition) is 1. The molecule has 0 spiro atoms. The van der Waals surface area contributed by atoms with E-state index in [1.165, 1.54) is 6.07 Å². The number of benzene rings is 2.